The van der Waals surface area contributed by atoms with Gasteiger partial charge in [-0.25, -0.2) is 0 Å². The molecule has 0 amide bonds. The van der Waals surface area contributed by atoms with Gasteiger partial charge in [0.05, 0.1) is 6.10 Å². The van der Waals surface area contributed by atoms with Gasteiger partial charge < -0.3 is 10.5 Å². The maximum atomic E-state index is 6.20. The summed E-state index contributed by atoms with van der Waals surface area (Å²) in [4.78, 5) is 2.73. The highest BCUT2D eigenvalue weighted by atomic mass is 16.5. The van der Waals surface area contributed by atoms with E-state index >= 15 is 0 Å². The molecule has 0 aromatic carbocycles. The van der Waals surface area contributed by atoms with E-state index < -0.39 is 0 Å². The topological polar surface area (TPSA) is 38.5 Å². The molecule has 18 heavy (non-hydrogen) atoms. The molecule has 0 aliphatic carbocycles. The van der Waals surface area contributed by atoms with Crippen LogP contribution in [0.1, 0.15) is 58.8 Å². The molecule has 0 radical (unpaired) electrons. The third kappa shape index (κ3) is 2.73. The third-order valence-corrected chi connectivity index (χ3v) is 4.98. The summed E-state index contributed by atoms with van der Waals surface area (Å²) in [7, 11) is 0. The molecule has 0 aromatic rings. The molecule has 0 aromatic heterocycles. The van der Waals surface area contributed by atoms with Crippen molar-refractivity contribution in [3.05, 3.63) is 0 Å². The summed E-state index contributed by atoms with van der Waals surface area (Å²) < 4.78 is 5.92. The summed E-state index contributed by atoms with van der Waals surface area (Å²) in [5, 5.41) is 0. The van der Waals surface area contributed by atoms with Gasteiger partial charge in [-0.2, -0.15) is 0 Å². The van der Waals surface area contributed by atoms with Gasteiger partial charge in [-0.05, 0) is 45.1 Å². The lowest BCUT2D eigenvalue weighted by Crippen LogP contribution is -2.59. The molecule has 3 heteroatoms. The van der Waals surface area contributed by atoms with Crippen molar-refractivity contribution >= 4 is 0 Å². The van der Waals surface area contributed by atoms with Crippen LogP contribution in [0, 0.1) is 0 Å². The molecule has 3 nitrogen and oxygen atoms in total. The quantitative estimate of drug-likeness (QED) is 0.819. The minimum atomic E-state index is 0.231. The van der Waals surface area contributed by atoms with Crippen molar-refractivity contribution in [3.8, 4) is 0 Å². The fourth-order valence-corrected chi connectivity index (χ4v) is 3.96. The van der Waals surface area contributed by atoms with Gasteiger partial charge in [0.25, 0.3) is 0 Å². The van der Waals surface area contributed by atoms with Crippen LogP contribution in [0.5, 0.6) is 0 Å². The van der Waals surface area contributed by atoms with E-state index in [1.54, 1.807) is 0 Å². The molecule has 2 fully saturated rings. The van der Waals surface area contributed by atoms with Crippen LogP contribution in [0.4, 0.5) is 0 Å². The molecule has 0 bridgehead atoms. The second-order valence-corrected chi connectivity index (χ2v) is 6.06. The van der Waals surface area contributed by atoms with Crippen LogP contribution in [-0.4, -0.2) is 42.3 Å². The van der Waals surface area contributed by atoms with E-state index in [1.165, 1.54) is 38.6 Å². The molecule has 2 saturated heterocycles. The first-order valence-electron chi connectivity index (χ1n) is 7.84. The molecular weight excluding hydrogens is 224 g/mol. The van der Waals surface area contributed by atoms with E-state index in [2.05, 4.69) is 18.7 Å². The van der Waals surface area contributed by atoms with E-state index in [1.807, 2.05) is 0 Å². The van der Waals surface area contributed by atoms with Gasteiger partial charge in [0.1, 0.15) is 0 Å². The molecule has 2 aliphatic heterocycles. The molecular formula is C15H30N2O. The van der Waals surface area contributed by atoms with Crippen molar-refractivity contribution in [1.29, 1.82) is 0 Å². The smallest absolute Gasteiger partial charge is 0.0593 e. The van der Waals surface area contributed by atoms with E-state index in [-0.39, 0.29) is 5.54 Å². The Hall–Kier alpha value is -0.120. The highest BCUT2D eigenvalue weighted by molar-refractivity contribution is 5.00. The Morgan fingerprint density at radius 3 is 2.89 bits per heavy atom. The van der Waals surface area contributed by atoms with Gasteiger partial charge in [-0.15, -0.1) is 0 Å². The monoisotopic (exact) mass is 254 g/mol. The first-order valence-corrected chi connectivity index (χ1v) is 7.84. The Kier molecular flexibility index (Phi) is 5.05. The SMILES string of the molecule is CCCC1CC(CN)(N2CCCC2CC)CCO1. The molecule has 2 rings (SSSR count). The number of ether oxygens (including phenoxy) is 1. The minimum absolute atomic E-state index is 0.231. The van der Waals surface area contributed by atoms with Crippen LogP contribution in [0.3, 0.4) is 0 Å². The minimum Gasteiger partial charge on any atom is -0.378 e. The fraction of sp³-hybridized carbons (Fsp3) is 1.00. The number of rotatable bonds is 5. The molecule has 3 atom stereocenters. The molecule has 0 spiro atoms. The standard InChI is InChI=1S/C15H30N2O/c1-3-6-14-11-15(12-16,8-10-18-14)17-9-5-7-13(17)4-2/h13-14H,3-12,16H2,1-2H3. The number of hydrogen-bond donors (Lipinski definition) is 1. The predicted molar refractivity (Wildman–Crippen MR) is 75.7 cm³/mol. The summed E-state index contributed by atoms with van der Waals surface area (Å²) in [6.45, 7) is 7.50. The van der Waals surface area contributed by atoms with E-state index in [0.29, 0.717) is 6.10 Å². The van der Waals surface area contributed by atoms with Crippen LogP contribution in [0.15, 0.2) is 0 Å². The number of nitrogens with zero attached hydrogens (tertiary/aromatic N) is 1. The van der Waals surface area contributed by atoms with Crippen molar-refractivity contribution in [1.82, 2.24) is 4.90 Å². The summed E-state index contributed by atoms with van der Waals surface area (Å²) >= 11 is 0. The zero-order valence-electron chi connectivity index (χ0n) is 12.2. The highest BCUT2D eigenvalue weighted by Crippen LogP contribution is 2.37. The summed E-state index contributed by atoms with van der Waals surface area (Å²) in [5.41, 5.74) is 6.43. The van der Waals surface area contributed by atoms with Crippen molar-refractivity contribution in [2.24, 2.45) is 5.73 Å². The normalized spacial score (nSPS) is 38.2. The Balaban J connectivity index is 2.08. The average Bonchev–Trinajstić information content (AvgIpc) is 2.88. The summed E-state index contributed by atoms with van der Waals surface area (Å²) in [6.07, 6.45) is 9.08. The van der Waals surface area contributed by atoms with Crippen LogP contribution in [0.2, 0.25) is 0 Å². The molecule has 0 saturated carbocycles. The van der Waals surface area contributed by atoms with Gasteiger partial charge in [-0.1, -0.05) is 20.3 Å². The van der Waals surface area contributed by atoms with E-state index in [9.17, 15) is 0 Å². The Morgan fingerprint density at radius 1 is 1.39 bits per heavy atom. The van der Waals surface area contributed by atoms with Crippen molar-refractivity contribution in [2.45, 2.75) is 76.5 Å². The second kappa shape index (κ2) is 6.36. The van der Waals surface area contributed by atoms with E-state index in [0.717, 1.165) is 32.0 Å². The lowest BCUT2D eigenvalue weighted by molar-refractivity contribution is -0.0779. The molecule has 2 N–H and O–H groups in total. The lowest BCUT2D eigenvalue weighted by Gasteiger charge is -2.49. The Labute approximate surface area is 112 Å². The Bertz CT molecular complexity index is 257. The molecule has 2 heterocycles. The largest absolute Gasteiger partial charge is 0.378 e. The van der Waals surface area contributed by atoms with Gasteiger partial charge in [0, 0.05) is 24.7 Å². The van der Waals surface area contributed by atoms with Gasteiger partial charge in [0.15, 0.2) is 0 Å². The maximum Gasteiger partial charge on any atom is 0.0593 e. The first-order chi connectivity index (χ1) is 8.75. The predicted octanol–water partition coefficient (Wildman–Crippen LogP) is 2.54. The first kappa shape index (κ1) is 14.3. The average molecular weight is 254 g/mol. The third-order valence-electron chi connectivity index (χ3n) is 4.98. The van der Waals surface area contributed by atoms with Crippen LogP contribution < -0.4 is 5.73 Å². The van der Waals surface area contributed by atoms with Gasteiger partial charge >= 0.3 is 0 Å². The second-order valence-electron chi connectivity index (χ2n) is 6.06. The van der Waals surface area contributed by atoms with Crippen LogP contribution in [0.25, 0.3) is 0 Å². The van der Waals surface area contributed by atoms with Crippen LogP contribution in [-0.2, 0) is 4.74 Å². The van der Waals surface area contributed by atoms with Crippen molar-refractivity contribution in [3.63, 3.8) is 0 Å². The Morgan fingerprint density at radius 2 is 2.22 bits per heavy atom. The van der Waals surface area contributed by atoms with E-state index in [4.69, 9.17) is 10.5 Å². The van der Waals surface area contributed by atoms with Crippen LogP contribution >= 0.6 is 0 Å². The molecule has 106 valence electrons. The fourth-order valence-electron chi connectivity index (χ4n) is 3.96. The molecule has 3 unspecified atom stereocenters. The highest BCUT2D eigenvalue weighted by Gasteiger charge is 2.44. The zero-order valence-corrected chi connectivity index (χ0v) is 12.2. The lowest BCUT2D eigenvalue weighted by atomic mass is 9.83. The summed E-state index contributed by atoms with van der Waals surface area (Å²) in [5.74, 6) is 0. The zero-order chi connectivity index (χ0) is 13.0. The summed E-state index contributed by atoms with van der Waals surface area (Å²) in [6, 6.07) is 0.758. The number of hydrogen-bond acceptors (Lipinski definition) is 3. The maximum absolute atomic E-state index is 6.20. The van der Waals surface area contributed by atoms with Gasteiger partial charge in [-0.3, -0.25) is 4.90 Å². The van der Waals surface area contributed by atoms with Crippen molar-refractivity contribution < 1.29 is 4.74 Å². The molecule has 2 aliphatic rings. The van der Waals surface area contributed by atoms with Crippen molar-refractivity contribution in [2.75, 3.05) is 19.7 Å². The number of likely N-dealkylation sites (tertiary alicyclic amines) is 1. The number of nitrogens with two attached hydrogens (primary N) is 1. The van der Waals surface area contributed by atoms with Gasteiger partial charge in [0.2, 0.25) is 0 Å².